The molecule has 0 saturated heterocycles. The van der Waals surface area contributed by atoms with Gasteiger partial charge >= 0.3 is 0 Å². The summed E-state index contributed by atoms with van der Waals surface area (Å²) in [6, 6.07) is 43.4. The number of para-hydroxylation sites is 2. The first kappa shape index (κ1) is 26.5. The fourth-order valence-electron chi connectivity index (χ4n) is 5.35. The van der Waals surface area contributed by atoms with Gasteiger partial charge in [-0.05, 0) is 52.9 Å². The molecule has 2 aromatic heterocycles. The van der Waals surface area contributed by atoms with Gasteiger partial charge in [-0.1, -0.05) is 99.6 Å². The molecule has 0 unspecified atom stereocenters. The smallest absolute Gasteiger partial charge is 0.129 e. The summed E-state index contributed by atoms with van der Waals surface area (Å²) in [6.07, 6.45) is 3.97. The molecule has 210 valence electrons. The van der Waals surface area contributed by atoms with Crippen LogP contribution in [0.4, 0.5) is 0 Å². The van der Waals surface area contributed by atoms with Crippen molar-refractivity contribution in [1.29, 1.82) is 0 Å². The topological polar surface area (TPSA) is 44.9 Å². The quantitative estimate of drug-likeness (QED) is 0.203. The molecule has 0 aliphatic rings. The molecule has 0 N–H and O–H groups in total. The fourth-order valence-corrected chi connectivity index (χ4v) is 5.35. The van der Waals surface area contributed by atoms with Crippen LogP contribution in [-0.4, -0.2) is 19.3 Å². The second-order valence-corrected chi connectivity index (χ2v) is 11.7. The van der Waals surface area contributed by atoms with Crippen molar-refractivity contribution < 1.29 is 4.74 Å². The van der Waals surface area contributed by atoms with Crippen LogP contribution in [0.2, 0.25) is 0 Å². The molecule has 0 radical (unpaired) electrons. The van der Waals surface area contributed by atoms with Crippen molar-refractivity contribution in [3.63, 3.8) is 0 Å². The Morgan fingerprint density at radius 2 is 1.33 bits per heavy atom. The maximum Gasteiger partial charge on any atom is 0.129 e. The molecule has 0 saturated carbocycles. The average molecular weight is 561 g/mol. The molecular formula is C38H32N4O. The number of imidazole rings is 1. The SMILES string of the molecule is CC(C)(C)c1cc(Oc2cccc(-n3cc(-c4ccccc4)c(-c4ccccc4)n3)c2)cc(-n2cnc3ccccc32)c1. The monoisotopic (exact) mass is 560 g/mol. The van der Waals surface area contributed by atoms with Gasteiger partial charge in [0.05, 0.1) is 22.4 Å². The van der Waals surface area contributed by atoms with Crippen molar-refractivity contribution in [3.8, 4) is 45.3 Å². The molecule has 2 heterocycles. The highest BCUT2D eigenvalue weighted by Crippen LogP contribution is 2.35. The number of rotatable bonds is 6. The van der Waals surface area contributed by atoms with Gasteiger partial charge in [0.2, 0.25) is 0 Å². The first-order chi connectivity index (χ1) is 20.9. The predicted octanol–water partition coefficient (Wildman–Crippen LogP) is 9.63. The third-order valence-corrected chi connectivity index (χ3v) is 7.65. The standard InChI is InChI=1S/C38H32N4O/c1-38(2,3)29-21-31(41-26-39-35-19-10-11-20-36(35)41)24-33(22-29)43-32-18-12-17-30(23-32)42-25-34(27-13-6-4-7-14-27)37(40-42)28-15-8-5-9-16-28/h4-26H,1-3H3. The number of ether oxygens (including phenoxy) is 1. The molecule has 5 aromatic carbocycles. The summed E-state index contributed by atoms with van der Waals surface area (Å²) in [5.41, 5.74) is 9.28. The summed E-state index contributed by atoms with van der Waals surface area (Å²) in [4.78, 5) is 4.61. The minimum Gasteiger partial charge on any atom is -0.457 e. The highest BCUT2D eigenvalue weighted by atomic mass is 16.5. The van der Waals surface area contributed by atoms with Gasteiger partial charge in [-0.15, -0.1) is 0 Å². The lowest BCUT2D eigenvalue weighted by Gasteiger charge is -2.22. The van der Waals surface area contributed by atoms with E-state index < -0.39 is 0 Å². The van der Waals surface area contributed by atoms with Gasteiger partial charge < -0.3 is 4.74 Å². The van der Waals surface area contributed by atoms with E-state index >= 15 is 0 Å². The lowest BCUT2D eigenvalue weighted by Crippen LogP contribution is -2.12. The van der Waals surface area contributed by atoms with Gasteiger partial charge in [-0.3, -0.25) is 4.57 Å². The van der Waals surface area contributed by atoms with Gasteiger partial charge in [0, 0.05) is 29.5 Å². The van der Waals surface area contributed by atoms with Crippen LogP contribution in [0.3, 0.4) is 0 Å². The molecule has 5 nitrogen and oxygen atoms in total. The molecular weight excluding hydrogens is 528 g/mol. The zero-order valence-corrected chi connectivity index (χ0v) is 24.5. The summed E-state index contributed by atoms with van der Waals surface area (Å²) in [6.45, 7) is 6.65. The van der Waals surface area contributed by atoms with Gasteiger partial charge in [0.15, 0.2) is 0 Å². The lowest BCUT2D eigenvalue weighted by molar-refractivity contribution is 0.478. The maximum absolute atomic E-state index is 6.56. The van der Waals surface area contributed by atoms with E-state index in [1.54, 1.807) is 0 Å². The maximum atomic E-state index is 6.56. The van der Waals surface area contributed by atoms with E-state index in [1.807, 2.05) is 71.7 Å². The molecule has 7 aromatic rings. The molecule has 5 heteroatoms. The zero-order chi connectivity index (χ0) is 29.4. The Hall–Kier alpha value is -5.42. The van der Waals surface area contributed by atoms with E-state index in [2.05, 4.69) is 103 Å². The lowest BCUT2D eigenvalue weighted by atomic mass is 9.86. The van der Waals surface area contributed by atoms with E-state index in [-0.39, 0.29) is 5.41 Å². The summed E-state index contributed by atoms with van der Waals surface area (Å²) < 4.78 is 10.6. The summed E-state index contributed by atoms with van der Waals surface area (Å²) >= 11 is 0. The number of nitrogens with zero attached hydrogens (tertiary/aromatic N) is 4. The van der Waals surface area contributed by atoms with E-state index in [4.69, 9.17) is 9.84 Å². The number of aromatic nitrogens is 4. The Morgan fingerprint density at radius 1 is 0.628 bits per heavy atom. The molecule has 0 aliphatic carbocycles. The number of fused-ring (bicyclic) bond motifs is 1. The molecule has 0 atom stereocenters. The van der Waals surface area contributed by atoms with Crippen molar-refractivity contribution >= 4 is 11.0 Å². The van der Waals surface area contributed by atoms with Crippen LogP contribution in [0.25, 0.3) is 44.8 Å². The third kappa shape index (κ3) is 5.33. The van der Waals surface area contributed by atoms with Crippen molar-refractivity contribution in [1.82, 2.24) is 19.3 Å². The average Bonchev–Trinajstić information content (AvgIpc) is 3.67. The Morgan fingerprint density at radius 3 is 2.09 bits per heavy atom. The highest BCUT2D eigenvalue weighted by Gasteiger charge is 2.18. The van der Waals surface area contributed by atoms with Crippen LogP contribution in [0.5, 0.6) is 11.5 Å². The van der Waals surface area contributed by atoms with E-state index in [0.717, 1.165) is 56.3 Å². The van der Waals surface area contributed by atoms with Gasteiger partial charge in [-0.25, -0.2) is 9.67 Å². The molecule has 0 fully saturated rings. The van der Waals surface area contributed by atoms with Gasteiger partial charge in [0.25, 0.3) is 0 Å². The second-order valence-electron chi connectivity index (χ2n) is 11.7. The van der Waals surface area contributed by atoms with Crippen LogP contribution >= 0.6 is 0 Å². The number of hydrogen-bond donors (Lipinski definition) is 0. The largest absolute Gasteiger partial charge is 0.457 e. The van der Waals surface area contributed by atoms with E-state index in [1.165, 1.54) is 5.56 Å². The normalized spacial score (nSPS) is 11.6. The van der Waals surface area contributed by atoms with Crippen LogP contribution in [0, 0.1) is 0 Å². The number of benzene rings is 5. The summed E-state index contributed by atoms with van der Waals surface area (Å²) in [7, 11) is 0. The molecule has 0 amide bonds. The Balaban J connectivity index is 1.27. The molecule has 0 bridgehead atoms. The molecule has 7 rings (SSSR count). The highest BCUT2D eigenvalue weighted by molar-refractivity contribution is 5.81. The van der Waals surface area contributed by atoms with Crippen molar-refractivity contribution in [2.24, 2.45) is 0 Å². The molecule has 0 aliphatic heterocycles. The zero-order valence-electron chi connectivity index (χ0n) is 24.5. The Kier molecular flexibility index (Phi) is 6.63. The summed E-state index contributed by atoms with van der Waals surface area (Å²) in [5.74, 6) is 1.51. The first-order valence-electron chi connectivity index (χ1n) is 14.5. The molecule has 43 heavy (non-hydrogen) atoms. The van der Waals surface area contributed by atoms with E-state index in [9.17, 15) is 0 Å². The van der Waals surface area contributed by atoms with Gasteiger partial charge in [-0.2, -0.15) is 5.10 Å². The van der Waals surface area contributed by atoms with Crippen molar-refractivity contribution in [2.75, 3.05) is 0 Å². The minimum atomic E-state index is -0.0664. The Bertz CT molecular complexity index is 1980. The van der Waals surface area contributed by atoms with Gasteiger partial charge in [0.1, 0.15) is 23.5 Å². The Labute approximate surface area is 251 Å². The summed E-state index contributed by atoms with van der Waals surface area (Å²) in [5, 5.41) is 5.05. The van der Waals surface area contributed by atoms with Crippen LogP contribution in [0.15, 0.2) is 140 Å². The van der Waals surface area contributed by atoms with Crippen LogP contribution in [0.1, 0.15) is 26.3 Å². The second kappa shape index (κ2) is 10.8. The molecule has 0 spiro atoms. The van der Waals surface area contributed by atoms with E-state index in [0.29, 0.717) is 0 Å². The predicted molar refractivity (Wildman–Crippen MR) is 174 cm³/mol. The van der Waals surface area contributed by atoms with Crippen molar-refractivity contribution in [2.45, 2.75) is 26.2 Å². The number of hydrogen-bond acceptors (Lipinski definition) is 3. The van der Waals surface area contributed by atoms with Crippen LogP contribution in [-0.2, 0) is 5.41 Å². The fraction of sp³-hybridized carbons (Fsp3) is 0.105. The third-order valence-electron chi connectivity index (χ3n) is 7.65. The van der Waals surface area contributed by atoms with Crippen LogP contribution < -0.4 is 4.74 Å². The first-order valence-corrected chi connectivity index (χ1v) is 14.5. The van der Waals surface area contributed by atoms with Crippen molar-refractivity contribution in [3.05, 3.63) is 145 Å². The minimum absolute atomic E-state index is 0.0664.